The van der Waals surface area contributed by atoms with Crippen molar-refractivity contribution in [2.75, 3.05) is 18.4 Å². The van der Waals surface area contributed by atoms with Crippen LogP contribution in [0.5, 0.6) is 0 Å². The van der Waals surface area contributed by atoms with E-state index in [2.05, 4.69) is 10.3 Å². The van der Waals surface area contributed by atoms with E-state index in [0.29, 0.717) is 29.9 Å². The van der Waals surface area contributed by atoms with Gasteiger partial charge in [0.2, 0.25) is 0 Å². The molecular formula is C17H19N3O2. The Kier molecular flexibility index (Phi) is 5.25. The number of amides is 2. The zero-order valence-electron chi connectivity index (χ0n) is 12.7. The number of carbonyl (C=O) groups excluding carboxylic acids is 2. The molecule has 114 valence electrons. The lowest BCUT2D eigenvalue weighted by Gasteiger charge is -2.18. The van der Waals surface area contributed by atoms with Crippen LogP contribution in [0.25, 0.3) is 0 Å². The second-order valence-corrected chi connectivity index (χ2v) is 4.76. The van der Waals surface area contributed by atoms with Gasteiger partial charge in [-0.2, -0.15) is 0 Å². The molecule has 1 aromatic carbocycles. The Labute approximate surface area is 130 Å². The van der Waals surface area contributed by atoms with Crippen molar-refractivity contribution < 1.29 is 9.59 Å². The van der Waals surface area contributed by atoms with Crippen molar-refractivity contribution in [2.24, 2.45) is 0 Å². The summed E-state index contributed by atoms with van der Waals surface area (Å²) in [4.78, 5) is 30.2. The van der Waals surface area contributed by atoms with Gasteiger partial charge in [0, 0.05) is 31.2 Å². The Morgan fingerprint density at radius 1 is 1.05 bits per heavy atom. The lowest BCUT2D eigenvalue weighted by Crippen LogP contribution is -2.30. The minimum atomic E-state index is -0.284. The summed E-state index contributed by atoms with van der Waals surface area (Å²) in [6, 6.07) is 10.7. The summed E-state index contributed by atoms with van der Waals surface area (Å²) in [5.41, 5.74) is 1.49. The highest BCUT2D eigenvalue weighted by Gasteiger charge is 2.15. The van der Waals surface area contributed by atoms with E-state index in [1.54, 1.807) is 23.1 Å². The first-order chi connectivity index (χ1) is 10.7. The van der Waals surface area contributed by atoms with Gasteiger partial charge in [-0.15, -0.1) is 0 Å². The van der Waals surface area contributed by atoms with Crippen LogP contribution in [0.2, 0.25) is 0 Å². The van der Waals surface area contributed by atoms with Gasteiger partial charge in [-0.1, -0.05) is 18.2 Å². The second kappa shape index (κ2) is 7.36. The summed E-state index contributed by atoms with van der Waals surface area (Å²) >= 11 is 0. The zero-order valence-corrected chi connectivity index (χ0v) is 12.7. The van der Waals surface area contributed by atoms with Gasteiger partial charge in [0.25, 0.3) is 11.8 Å². The van der Waals surface area contributed by atoms with Gasteiger partial charge in [0.1, 0.15) is 0 Å². The van der Waals surface area contributed by atoms with E-state index in [1.165, 1.54) is 12.4 Å². The van der Waals surface area contributed by atoms with Gasteiger partial charge in [-0.05, 0) is 32.0 Å². The maximum Gasteiger partial charge on any atom is 0.257 e. The molecule has 2 rings (SSSR count). The van der Waals surface area contributed by atoms with Crippen molar-refractivity contribution in [2.45, 2.75) is 13.8 Å². The Hall–Kier alpha value is -2.69. The highest BCUT2D eigenvalue weighted by molar-refractivity contribution is 6.05. The lowest BCUT2D eigenvalue weighted by atomic mass is 10.1. The number of benzene rings is 1. The van der Waals surface area contributed by atoms with Crippen molar-refractivity contribution >= 4 is 17.5 Å². The zero-order chi connectivity index (χ0) is 15.9. The number of rotatable bonds is 5. The smallest absolute Gasteiger partial charge is 0.257 e. The molecule has 1 aromatic heterocycles. The average Bonchev–Trinajstić information content (AvgIpc) is 2.57. The highest BCUT2D eigenvalue weighted by Crippen LogP contribution is 2.11. The van der Waals surface area contributed by atoms with Crippen LogP contribution in [0.1, 0.15) is 34.6 Å². The summed E-state index contributed by atoms with van der Waals surface area (Å²) in [5, 5.41) is 2.78. The number of carbonyl (C=O) groups is 2. The first-order valence-corrected chi connectivity index (χ1v) is 7.26. The maximum absolute atomic E-state index is 12.3. The Bertz CT molecular complexity index is 652. The predicted molar refractivity (Wildman–Crippen MR) is 85.9 cm³/mol. The number of para-hydroxylation sites is 1. The molecule has 2 aromatic rings. The van der Waals surface area contributed by atoms with Gasteiger partial charge >= 0.3 is 0 Å². The summed E-state index contributed by atoms with van der Waals surface area (Å²) < 4.78 is 0. The topological polar surface area (TPSA) is 62.3 Å². The van der Waals surface area contributed by atoms with Crippen LogP contribution < -0.4 is 5.32 Å². The molecule has 0 aliphatic carbocycles. The molecule has 1 N–H and O–H groups in total. The summed E-state index contributed by atoms with van der Waals surface area (Å²) in [7, 11) is 0. The molecule has 0 saturated carbocycles. The quantitative estimate of drug-likeness (QED) is 0.923. The molecule has 0 bridgehead atoms. The third-order valence-electron chi connectivity index (χ3n) is 3.33. The molecule has 0 aliphatic rings. The van der Waals surface area contributed by atoms with Crippen LogP contribution in [0, 0.1) is 0 Å². The van der Waals surface area contributed by atoms with Gasteiger partial charge < -0.3 is 10.2 Å². The molecule has 0 fully saturated rings. The third-order valence-corrected chi connectivity index (χ3v) is 3.33. The molecule has 2 amide bonds. The number of aromatic nitrogens is 1. The van der Waals surface area contributed by atoms with E-state index in [9.17, 15) is 9.59 Å². The standard InChI is InChI=1S/C17H19N3O2/c1-3-20(4-2)17(22)14-10-13(11-18-12-14)16(21)19-15-8-6-5-7-9-15/h5-12H,3-4H2,1-2H3,(H,19,21). The largest absolute Gasteiger partial charge is 0.339 e. The normalized spacial score (nSPS) is 10.1. The molecule has 22 heavy (non-hydrogen) atoms. The van der Waals surface area contributed by atoms with Crippen LogP contribution in [0.3, 0.4) is 0 Å². The number of pyridine rings is 1. The van der Waals surface area contributed by atoms with E-state index < -0.39 is 0 Å². The van der Waals surface area contributed by atoms with Gasteiger partial charge in [-0.3, -0.25) is 14.6 Å². The van der Waals surface area contributed by atoms with Gasteiger partial charge in [0.05, 0.1) is 11.1 Å². The molecule has 0 saturated heterocycles. The molecular weight excluding hydrogens is 278 g/mol. The minimum absolute atomic E-state index is 0.119. The minimum Gasteiger partial charge on any atom is -0.339 e. The number of hydrogen-bond donors (Lipinski definition) is 1. The van der Waals surface area contributed by atoms with Crippen LogP contribution in [-0.2, 0) is 0 Å². The number of nitrogens with zero attached hydrogens (tertiary/aromatic N) is 2. The van der Waals surface area contributed by atoms with Gasteiger partial charge in [-0.25, -0.2) is 0 Å². The Balaban J connectivity index is 2.17. The SMILES string of the molecule is CCN(CC)C(=O)c1cncc(C(=O)Nc2ccccc2)c1. The summed E-state index contributed by atoms with van der Waals surface area (Å²) in [6.45, 7) is 5.08. The van der Waals surface area contributed by atoms with E-state index >= 15 is 0 Å². The first kappa shape index (κ1) is 15.7. The fraction of sp³-hybridized carbons (Fsp3) is 0.235. The van der Waals surface area contributed by atoms with Crippen molar-refractivity contribution in [1.82, 2.24) is 9.88 Å². The molecule has 0 aliphatic heterocycles. The summed E-state index contributed by atoms with van der Waals surface area (Å²) in [6.07, 6.45) is 2.94. The maximum atomic E-state index is 12.3. The van der Waals surface area contributed by atoms with Crippen molar-refractivity contribution in [3.63, 3.8) is 0 Å². The second-order valence-electron chi connectivity index (χ2n) is 4.76. The molecule has 1 heterocycles. The van der Waals surface area contributed by atoms with E-state index in [4.69, 9.17) is 0 Å². The van der Waals surface area contributed by atoms with E-state index in [1.807, 2.05) is 32.0 Å². The van der Waals surface area contributed by atoms with E-state index in [0.717, 1.165) is 0 Å². The lowest BCUT2D eigenvalue weighted by molar-refractivity contribution is 0.0772. The monoisotopic (exact) mass is 297 g/mol. The predicted octanol–water partition coefficient (Wildman–Crippen LogP) is 2.82. The molecule has 5 nitrogen and oxygen atoms in total. The molecule has 0 unspecified atom stereocenters. The fourth-order valence-electron chi connectivity index (χ4n) is 2.10. The highest BCUT2D eigenvalue weighted by atomic mass is 16.2. The molecule has 0 spiro atoms. The van der Waals surface area contributed by atoms with Crippen LogP contribution in [0.15, 0.2) is 48.8 Å². The van der Waals surface area contributed by atoms with Crippen molar-refractivity contribution in [3.8, 4) is 0 Å². The molecule has 0 atom stereocenters. The Morgan fingerprint density at radius 2 is 1.68 bits per heavy atom. The van der Waals surface area contributed by atoms with E-state index in [-0.39, 0.29) is 11.8 Å². The van der Waals surface area contributed by atoms with Crippen LogP contribution in [0.4, 0.5) is 5.69 Å². The van der Waals surface area contributed by atoms with Crippen LogP contribution in [-0.4, -0.2) is 34.8 Å². The van der Waals surface area contributed by atoms with Crippen molar-refractivity contribution in [1.29, 1.82) is 0 Å². The third kappa shape index (κ3) is 3.69. The average molecular weight is 297 g/mol. The number of anilines is 1. The molecule has 5 heteroatoms. The fourth-order valence-corrected chi connectivity index (χ4v) is 2.10. The summed E-state index contributed by atoms with van der Waals surface area (Å²) in [5.74, 6) is -0.403. The number of hydrogen-bond acceptors (Lipinski definition) is 3. The first-order valence-electron chi connectivity index (χ1n) is 7.26. The van der Waals surface area contributed by atoms with Crippen LogP contribution >= 0.6 is 0 Å². The Morgan fingerprint density at radius 3 is 2.32 bits per heavy atom. The molecule has 0 radical (unpaired) electrons. The van der Waals surface area contributed by atoms with Crippen molar-refractivity contribution in [3.05, 3.63) is 59.9 Å². The number of nitrogens with one attached hydrogen (secondary N) is 1. The van der Waals surface area contributed by atoms with Gasteiger partial charge in [0.15, 0.2) is 0 Å².